The Labute approximate surface area is 149 Å². The zero-order valence-corrected chi connectivity index (χ0v) is 14.5. The minimum atomic E-state index is -0.774. The summed E-state index contributed by atoms with van der Waals surface area (Å²) in [5.74, 6) is -0.510. The number of aromatic nitrogens is 2. The quantitative estimate of drug-likeness (QED) is 0.270. The van der Waals surface area contributed by atoms with Crippen LogP contribution in [0.3, 0.4) is 0 Å². The summed E-state index contributed by atoms with van der Waals surface area (Å²) in [6.07, 6.45) is 3.14. The summed E-state index contributed by atoms with van der Waals surface area (Å²) in [7, 11) is 1.28. The van der Waals surface area contributed by atoms with Crippen LogP contribution in [-0.4, -0.2) is 40.0 Å². The average molecular weight is 359 g/mol. The van der Waals surface area contributed by atoms with Gasteiger partial charge in [-0.15, -0.1) is 0 Å². The molecule has 0 saturated carbocycles. The lowest BCUT2D eigenvalue weighted by Gasteiger charge is -2.13. The maximum atomic E-state index is 12.0. The molecule has 1 aromatic heterocycles. The molecule has 0 radical (unpaired) electrons. The lowest BCUT2D eigenvalue weighted by molar-refractivity contribution is -0.138. The third-order valence-corrected chi connectivity index (χ3v) is 4.12. The third-order valence-electron chi connectivity index (χ3n) is 2.93. The van der Waals surface area contributed by atoms with Crippen LogP contribution in [0.2, 0.25) is 0 Å². The summed E-state index contributed by atoms with van der Waals surface area (Å²) in [4.78, 5) is 32.0. The topological polar surface area (TPSA) is 106 Å². The number of carbonyl (C=O) groups excluding carboxylic acids is 2. The second kappa shape index (κ2) is 9.38. The van der Waals surface area contributed by atoms with Gasteiger partial charge < -0.3 is 10.1 Å². The molecule has 9 heteroatoms. The van der Waals surface area contributed by atoms with E-state index in [1.54, 1.807) is 49.6 Å². The van der Waals surface area contributed by atoms with E-state index in [-0.39, 0.29) is 0 Å². The highest BCUT2D eigenvalue weighted by molar-refractivity contribution is 8.01. The molecule has 1 unspecified atom stereocenters. The maximum Gasteiger partial charge on any atom is 0.339 e. The summed E-state index contributed by atoms with van der Waals surface area (Å²) in [5.41, 5.74) is 3.34. The van der Waals surface area contributed by atoms with E-state index in [2.05, 4.69) is 25.8 Å². The molecule has 8 nitrogen and oxygen atoms in total. The normalized spacial score (nSPS) is 12.2. The fraction of sp³-hybridized carbons (Fsp3) is 0.188. The number of methoxy groups -OCH3 is 1. The molecule has 1 aromatic carbocycles. The highest BCUT2D eigenvalue weighted by Crippen LogP contribution is 2.21. The van der Waals surface area contributed by atoms with E-state index >= 15 is 0 Å². The van der Waals surface area contributed by atoms with Crippen molar-refractivity contribution >= 4 is 35.2 Å². The number of thioether (sulfide) groups is 1. The molecular formula is C16H17N5O3S. The molecule has 1 atom stereocenters. The summed E-state index contributed by atoms with van der Waals surface area (Å²) in [6.45, 7) is 1.61. The summed E-state index contributed by atoms with van der Waals surface area (Å²) < 4.78 is 4.78. The molecule has 2 N–H and O–H groups in total. The molecule has 0 saturated heterocycles. The van der Waals surface area contributed by atoms with E-state index in [4.69, 9.17) is 4.74 Å². The van der Waals surface area contributed by atoms with Crippen molar-refractivity contribution in [2.75, 3.05) is 12.4 Å². The van der Waals surface area contributed by atoms with Gasteiger partial charge in [0, 0.05) is 18.1 Å². The number of carbonyl (C=O) groups is 2. The van der Waals surface area contributed by atoms with Gasteiger partial charge in [-0.25, -0.2) is 20.2 Å². The van der Waals surface area contributed by atoms with Crippen molar-refractivity contribution in [3.05, 3.63) is 48.8 Å². The van der Waals surface area contributed by atoms with Gasteiger partial charge in [0.1, 0.15) is 5.25 Å². The number of ether oxygens (including phenoxy) is 1. The highest BCUT2D eigenvalue weighted by Gasteiger charge is 2.25. The van der Waals surface area contributed by atoms with Crippen LogP contribution in [0, 0.1) is 0 Å². The largest absolute Gasteiger partial charge is 0.468 e. The highest BCUT2D eigenvalue weighted by atomic mass is 32.2. The molecule has 2 aromatic rings. The van der Waals surface area contributed by atoms with Crippen molar-refractivity contribution in [1.82, 2.24) is 15.4 Å². The van der Waals surface area contributed by atoms with Gasteiger partial charge in [0.2, 0.25) is 0 Å². The predicted octanol–water partition coefficient (Wildman–Crippen LogP) is 2.31. The maximum absolute atomic E-state index is 12.0. The van der Waals surface area contributed by atoms with Gasteiger partial charge in [-0.3, -0.25) is 4.79 Å². The van der Waals surface area contributed by atoms with E-state index in [0.29, 0.717) is 16.6 Å². The molecule has 2 amide bonds. The molecule has 0 fully saturated rings. The molecule has 0 aliphatic carbocycles. The molecular weight excluding hydrogens is 342 g/mol. The molecule has 1 heterocycles. The Morgan fingerprint density at radius 2 is 1.84 bits per heavy atom. The number of urea groups is 1. The monoisotopic (exact) mass is 359 g/mol. The van der Waals surface area contributed by atoms with Crippen LogP contribution in [0.15, 0.2) is 59.0 Å². The van der Waals surface area contributed by atoms with Crippen molar-refractivity contribution < 1.29 is 14.3 Å². The third kappa shape index (κ3) is 5.88. The fourth-order valence-electron chi connectivity index (χ4n) is 1.74. The summed E-state index contributed by atoms with van der Waals surface area (Å²) >= 11 is 1.09. The van der Waals surface area contributed by atoms with Crippen molar-refractivity contribution in [2.45, 2.75) is 17.3 Å². The lowest BCUT2D eigenvalue weighted by atomic mass is 10.3. The first-order valence-corrected chi connectivity index (χ1v) is 8.16. The van der Waals surface area contributed by atoms with Crippen LogP contribution in [0.4, 0.5) is 10.5 Å². The first-order chi connectivity index (χ1) is 12.1. The van der Waals surface area contributed by atoms with E-state index in [9.17, 15) is 9.59 Å². The second-order valence-electron chi connectivity index (χ2n) is 4.74. The Bertz CT molecular complexity index is 740. The molecule has 25 heavy (non-hydrogen) atoms. The van der Waals surface area contributed by atoms with Crippen molar-refractivity contribution in [3.63, 3.8) is 0 Å². The molecule has 130 valence electrons. The number of hydrogen-bond donors (Lipinski definition) is 2. The number of anilines is 1. The van der Waals surface area contributed by atoms with Gasteiger partial charge in [0.05, 0.1) is 12.8 Å². The number of para-hydroxylation sites is 1. The molecule has 0 bridgehead atoms. The zero-order chi connectivity index (χ0) is 18.1. The van der Waals surface area contributed by atoms with Crippen molar-refractivity contribution in [2.24, 2.45) is 5.10 Å². The van der Waals surface area contributed by atoms with Gasteiger partial charge in [-0.2, -0.15) is 5.10 Å². The van der Waals surface area contributed by atoms with Crippen LogP contribution in [0.1, 0.15) is 6.92 Å². The van der Waals surface area contributed by atoms with Crippen LogP contribution >= 0.6 is 11.8 Å². The first kappa shape index (κ1) is 18.4. The molecule has 0 aliphatic heterocycles. The van der Waals surface area contributed by atoms with E-state index in [1.165, 1.54) is 7.11 Å². The lowest BCUT2D eigenvalue weighted by Crippen LogP contribution is -2.31. The molecule has 0 spiro atoms. The Balaban J connectivity index is 2.02. The van der Waals surface area contributed by atoms with Gasteiger partial charge >= 0.3 is 12.0 Å². The number of hydrogen-bond acceptors (Lipinski definition) is 7. The first-order valence-electron chi connectivity index (χ1n) is 7.28. The summed E-state index contributed by atoms with van der Waals surface area (Å²) in [5, 5.41) is 6.22. The van der Waals surface area contributed by atoms with Gasteiger partial charge in [-0.1, -0.05) is 30.0 Å². The molecule has 2 rings (SSSR count). The van der Waals surface area contributed by atoms with Gasteiger partial charge in [-0.05, 0) is 25.1 Å². The standard InChI is InChI=1S/C16H17N5O3S/c1-11(20-21-15(23)19-12-7-4-3-5-8-12)13(14(22)24-2)25-16-17-9-6-10-18-16/h3-10,13H,1-2H3,(H2,19,21,23)/b20-11-. The predicted molar refractivity (Wildman–Crippen MR) is 95.4 cm³/mol. The Kier molecular flexibility index (Phi) is 6.90. The van der Waals surface area contributed by atoms with Crippen LogP contribution in [0.5, 0.6) is 0 Å². The number of nitrogens with zero attached hydrogens (tertiary/aromatic N) is 3. The zero-order valence-electron chi connectivity index (χ0n) is 13.7. The molecule has 0 aliphatic rings. The number of benzene rings is 1. The minimum absolute atomic E-state index is 0.354. The van der Waals surface area contributed by atoms with Crippen LogP contribution in [0.25, 0.3) is 0 Å². The van der Waals surface area contributed by atoms with E-state index in [0.717, 1.165) is 11.8 Å². The smallest absolute Gasteiger partial charge is 0.339 e. The Hall–Kier alpha value is -2.94. The number of nitrogens with one attached hydrogen (secondary N) is 2. The number of rotatable bonds is 6. The van der Waals surface area contributed by atoms with E-state index < -0.39 is 17.3 Å². The fourth-order valence-corrected chi connectivity index (χ4v) is 2.61. The van der Waals surface area contributed by atoms with E-state index in [1.807, 2.05) is 6.07 Å². The minimum Gasteiger partial charge on any atom is -0.468 e. The Morgan fingerprint density at radius 1 is 1.16 bits per heavy atom. The average Bonchev–Trinajstić information content (AvgIpc) is 2.65. The number of amides is 2. The summed E-state index contributed by atoms with van der Waals surface area (Å²) in [6, 6.07) is 10.1. The number of esters is 1. The van der Waals surface area contributed by atoms with Gasteiger partial charge in [0.25, 0.3) is 0 Å². The number of hydrazone groups is 1. The van der Waals surface area contributed by atoms with Gasteiger partial charge in [0.15, 0.2) is 5.16 Å². The Morgan fingerprint density at radius 3 is 2.48 bits per heavy atom. The van der Waals surface area contributed by atoms with Crippen LogP contribution < -0.4 is 10.7 Å². The SMILES string of the molecule is COC(=O)C(Sc1ncccn1)/C(C)=N\NC(=O)Nc1ccccc1. The van der Waals surface area contributed by atoms with Crippen LogP contribution in [-0.2, 0) is 9.53 Å². The van der Waals surface area contributed by atoms with Crippen molar-refractivity contribution in [1.29, 1.82) is 0 Å². The van der Waals surface area contributed by atoms with Crippen molar-refractivity contribution in [3.8, 4) is 0 Å². The second-order valence-corrected chi connectivity index (χ2v) is 5.81.